The number of ketones is 1. The minimum Gasteiger partial charge on any atom is -0.497 e. The van der Waals surface area contributed by atoms with Crippen LogP contribution >= 0.6 is 0 Å². The van der Waals surface area contributed by atoms with E-state index < -0.39 is 6.04 Å². The molecule has 1 atom stereocenters. The lowest BCUT2D eigenvalue weighted by molar-refractivity contribution is -0.119. The summed E-state index contributed by atoms with van der Waals surface area (Å²) in [6.07, 6.45) is 1.28. The molecule has 8 nitrogen and oxygen atoms in total. The Labute approximate surface area is 175 Å². The van der Waals surface area contributed by atoms with Gasteiger partial charge in [0.2, 0.25) is 5.91 Å². The number of hydrogen-bond donors (Lipinski definition) is 2. The zero-order valence-electron chi connectivity index (χ0n) is 17.2. The van der Waals surface area contributed by atoms with Gasteiger partial charge in [0.25, 0.3) is 0 Å². The molecule has 3 amide bonds. The molecule has 30 heavy (non-hydrogen) atoms. The van der Waals surface area contributed by atoms with E-state index in [4.69, 9.17) is 9.47 Å². The van der Waals surface area contributed by atoms with E-state index in [9.17, 15) is 14.4 Å². The molecular formula is C22H25N3O5. The standard InChI is InChI=1S/C22H25N3O5/c1-14(26)15-6-4-7-16(12-15)23-22(28)25-11-5-8-19(25)21(27)24-18-10-9-17(29-2)13-20(18)30-3/h4,6-7,9-10,12-13,19H,5,8,11H2,1-3H3,(H,23,28)(H,24,27)/t19-/m0/s1. The summed E-state index contributed by atoms with van der Waals surface area (Å²) in [6.45, 7) is 1.94. The fraction of sp³-hybridized carbons (Fsp3) is 0.318. The molecule has 0 unspecified atom stereocenters. The lowest BCUT2D eigenvalue weighted by atomic mass is 10.1. The predicted molar refractivity (Wildman–Crippen MR) is 113 cm³/mol. The van der Waals surface area contributed by atoms with Crippen molar-refractivity contribution in [3.63, 3.8) is 0 Å². The maximum Gasteiger partial charge on any atom is 0.322 e. The fourth-order valence-corrected chi connectivity index (χ4v) is 3.41. The van der Waals surface area contributed by atoms with E-state index in [1.54, 1.807) is 49.6 Å². The lowest BCUT2D eigenvalue weighted by Crippen LogP contribution is -2.45. The number of nitrogens with one attached hydrogen (secondary N) is 2. The van der Waals surface area contributed by atoms with E-state index in [-0.39, 0.29) is 17.7 Å². The number of hydrogen-bond acceptors (Lipinski definition) is 5. The van der Waals surface area contributed by atoms with E-state index in [1.807, 2.05) is 0 Å². The largest absolute Gasteiger partial charge is 0.497 e. The van der Waals surface area contributed by atoms with Gasteiger partial charge in [-0.3, -0.25) is 9.59 Å². The first-order chi connectivity index (χ1) is 14.4. The second kappa shape index (κ2) is 9.30. The fourth-order valence-electron chi connectivity index (χ4n) is 3.41. The van der Waals surface area contributed by atoms with Crippen LogP contribution in [-0.2, 0) is 4.79 Å². The third-order valence-electron chi connectivity index (χ3n) is 5.00. The Balaban J connectivity index is 1.70. The number of likely N-dealkylation sites (tertiary alicyclic amines) is 1. The van der Waals surface area contributed by atoms with Gasteiger partial charge in [0, 0.05) is 23.9 Å². The van der Waals surface area contributed by atoms with Crippen molar-refractivity contribution in [1.82, 2.24) is 4.90 Å². The normalized spacial score (nSPS) is 15.4. The minimum atomic E-state index is -0.604. The summed E-state index contributed by atoms with van der Waals surface area (Å²) in [5.41, 5.74) is 1.52. The van der Waals surface area contributed by atoms with Gasteiger partial charge in [-0.15, -0.1) is 0 Å². The quantitative estimate of drug-likeness (QED) is 0.709. The highest BCUT2D eigenvalue weighted by atomic mass is 16.5. The molecular weight excluding hydrogens is 386 g/mol. The Morgan fingerprint density at radius 1 is 1.03 bits per heavy atom. The summed E-state index contributed by atoms with van der Waals surface area (Å²) in [7, 11) is 3.06. The maximum absolute atomic E-state index is 12.9. The van der Waals surface area contributed by atoms with E-state index in [1.165, 1.54) is 18.9 Å². The van der Waals surface area contributed by atoms with Crippen LogP contribution in [0.3, 0.4) is 0 Å². The van der Waals surface area contributed by atoms with Crippen molar-refractivity contribution in [1.29, 1.82) is 0 Å². The molecule has 1 saturated heterocycles. The minimum absolute atomic E-state index is 0.0852. The lowest BCUT2D eigenvalue weighted by Gasteiger charge is -2.24. The number of anilines is 2. The van der Waals surface area contributed by atoms with Crippen molar-refractivity contribution in [2.45, 2.75) is 25.8 Å². The van der Waals surface area contributed by atoms with Gasteiger partial charge in [-0.25, -0.2) is 4.79 Å². The molecule has 1 aliphatic rings. The molecule has 2 aromatic rings. The number of carbonyl (C=O) groups excluding carboxylic acids is 3. The van der Waals surface area contributed by atoms with Crippen LogP contribution in [0.25, 0.3) is 0 Å². The number of nitrogens with zero attached hydrogens (tertiary/aromatic N) is 1. The van der Waals surface area contributed by atoms with Gasteiger partial charge < -0.3 is 25.0 Å². The second-order valence-electron chi connectivity index (χ2n) is 6.97. The van der Waals surface area contributed by atoms with Crippen LogP contribution in [0.15, 0.2) is 42.5 Å². The first kappa shape index (κ1) is 21.2. The second-order valence-corrected chi connectivity index (χ2v) is 6.97. The maximum atomic E-state index is 12.9. The Morgan fingerprint density at radius 3 is 2.53 bits per heavy atom. The topological polar surface area (TPSA) is 97.0 Å². The van der Waals surface area contributed by atoms with Gasteiger partial charge in [-0.2, -0.15) is 0 Å². The van der Waals surface area contributed by atoms with Gasteiger partial charge in [0.05, 0.1) is 19.9 Å². The average molecular weight is 411 g/mol. The molecule has 2 N–H and O–H groups in total. The highest BCUT2D eigenvalue weighted by molar-refractivity contribution is 6.01. The summed E-state index contributed by atoms with van der Waals surface area (Å²) in [6, 6.07) is 10.8. The third kappa shape index (κ3) is 4.71. The van der Waals surface area contributed by atoms with Crippen molar-refractivity contribution in [2.75, 3.05) is 31.4 Å². The summed E-state index contributed by atoms with van der Waals surface area (Å²) < 4.78 is 10.5. The molecule has 0 saturated carbocycles. The third-order valence-corrected chi connectivity index (χ3v) is 5.00. The van der Waals surface area contributed by atoms with Crippen LogP contribution in [0.1, 0.15) is 30.1 Å². The van der Waals surface area contributed by atoms with Crippen LogP contribution in [0.2, 0.25) is 0 Å². The highest BCUT2D eigenvalue weighted by Crippen LogP contribution is 2.30. The number of rotatable bonds is 6. The molecule has 158 valence electrons. The number of carbonyl (C=O) groups is 3. The Morgan fingerprint density at radius 2 is 1.83 bits per heavy atom. The van der Waals surface area contributed by atoms with E-state index in [0.29, 0.717) is 41.4 Å². The number of benzene rings is 2. The molecule has 3 rings (SSSR count). The molecule has 0 spiro atoms. The van der Waals surface area contributed by atoms with Crippen molar-refractivity contribution >= 4 is 29.1 Å². The Bertz CT molecular complexity index is 960. The Hall–Kier alpha value is -3.55. The van der Waals surface area contributed by atoms with E-state index in [2.05, 4.69) is 10.6 Å². The summed E-state index contributed by atoms with van der Waals surface area (Å²) >= 11 is 0. The average Bonchev–Trinajstić information content (AvgIpc) is 3.24. The molecule has 1 aliphatic heterocycles. The smallest absolute Gasteiger partial charge is 0.322 e. The zero-order valence-corrected chi connectivity index (χ0v) is 17.2. The van der Waals surface area contributed by atoms with Gasteiger partial charge in [0.1, 0.15) is 17.5 Å². The summed E-state index contributed by atoms with van der Waals surface area (Å²) in [5.74, 6) is 0.707. The summed E-state index contributed by atoms with van der Waals surface area (Å²) in [4.78, 5) is 38.7. The van der Waals surface area contributed by atoms with Crippen molar-refractivity contribution < 1.29 is 23.9 Å². The van der Waals surface area contributed by atoms with Crippen LogP contribution in [0.5, 0.6) is 11.5 Å². The van der Waals surface area contributed by atoms with Crippen LogP contribution < -0.4 is 20.1 Å². The van der Waals surface area contributed by atoms with Crippen LogP contribution in [0.4, 0.5) is 16.2 Å². The van der Waals surface area contributed by atoms with Crippen molar-refractivity contribution in [2.24, 2.45) is 0 Å². The SMILES string of the molecule is COc1ccc(NC(=O)[C@@H]2CCCN2C(=O)Nc2cccc(C(C)=O)c2)c(OC)c1. The zero-order chi connectivity index (χ0) is 21.7. The number of Topliss-reactive ketones (excluding diaryl/α,β-unsaturated/α-hetero) is 1. The van der Waals surface area contributed by atoms with Gasteiger partial charge in [-0.1, -0.05) is 12.1 Å². The molecule has 1 heterocycles. The highest BCUT2D eigenvalue weighted by Gasteiger charge is 2.34. The van der Waals surface area contributed by atoms with Gasteiger partial charge in [0.15, 0.2) is 5.78 Å². The molecule has 0 radical (unpaired) electrons. The van der Waals surface area contributed by atoms with Gasteiger partial charge >= 0.3 is 6.03 Å². The van der Waals surface area contributed by atoms with Gasteiger partial charge in [-0.05, 0) is 44.0 Å². The monoisotopic (exact) mass is 411 g/mol. The van der Waals surface area contributed by atoms with Crippen molar-refractivity contribution in [3.05, 3.63) is 48.0 Å². The van der Waals surface area contributed by atoms with Crippen LogP contribution in [-0.4, -0.2) is 49.4 Å². The molecule has 1 fully saturated rings. The van der Waals surface area contributed by atoms with Crippen LogP contribution in [0, 0.1) is 0 Å². The number of methoxy groups -OCH3 is 2. The molecule has 0 aromatic heterocycles. The number of amides is 3. The first-order valence-corrected chi connectivity index (χ1v) is 9.64. The molecule has 0 aliphatic carbocycles. The number of urea groups is 1. The Kier molecular flexibility index (Phi) is 6.56. The summed E-state index contributed by atoms with van der Waals surface area (Å²) in [5, 5.41) is 5.62. The van der Waals surface area contributed by atoms with Crippen molar-refractivity contribution in [3.8, 4) is 11.5 Å². The predicted octanol–water partition coefficient (Wildman–Crippen LogP) is 3.54. The van der Waals surface area contributed by atoms with E-state index in [0.717, 1.165) is 6.42 Å². The number of ether oxygens (including phenoxy) is 2. The first-order valence-electron chi connectivity index (χ1n) is 9.64. The molecule has 0 bridgehead atoms. The molecule has 2 aromatic carbocycles. The molecule has 8 heteroatoms. The van der Waals surface area contributed by atoms with E-state index >= 15 is 0 Å².